The summed E-state index contributed by atoms with van der Waals surface area (Å²) in [6, 6.07) is 0. The highest BCUT2D eigenvalue weighted by molar-refractivity contribution is 14.1. The number of rotatable bonds is 1. The summed E-state index contributed by atoms with van der Waals surface area (Å²) < 4.78 is 3.47. The number of hydrogen-bond acceptors (Lipinski definition) is 0. The average Bonchev–Trinajstić information content (AvgIpc) is 2.37. The average molecular weight is 344 g/mol. The third-order valence-electron chi connectivity index (χ3n) is 1.17. The van der Waals surface area contributed by atoms with Gasteiger partial charge in [0.2, 0.25) is 0 Å². The molecule has 9 heavy (non-hydrogen) atoms. The summed E-state index contributed by atoms with van der Waals surface area (Å²) >= 11 is 4.62. The van der Waals surface area contributed by atoms with E-state index in [-0.39, 0.29) is 0 Å². The highest BCUT2D eigenvalue weighted by Gasteiger charge is 2.00. The SMILES string of the molecule is I/C=C(\I)C1=CC=CC1. The fourth-order valence-corrected chi connectivity index (χ4v) is 1.49. The monoisotopic (exact) mass is 344 g/mol. The van der Waals surface area contributed by atoms with Crippen LogP contribution in [0, 0.1) is 0 Å². The Morgan fingerprint density at radius 2 is 2.44 bits per heavy atom. The van der Waals surface area contributed by atoms with Crippen molar-refractivity contribution in [1.82, 2.24) is 0 Å². The highest BCUT2D eigenvalue weighted by atomic mass is 127. The van der Waals surface area contributed by atoms with E-state index in [0.29, 0.717) is 0 Å². The van der Waals surface area contributed by atoms with Crippen LogP contribution < -0.4 is 0 Å². The largest absolute Gasteiger partial charge is 0.0801 e. The van der Waals surface area contributed by atoms with Crippen LogP contribution in [0.5, 0.6) is 0 Å². The molecule has 0 saturated heterocycles. The first-order valence-corrected chi connectivity index (χ1v) is 4.99. The zero-order valence-electron chi connectivity index (χ0n) is 4.77. The van der Waals surface area contributed by atoms with Gasteiger partial charge in [-0.3, -0.25) is 0 Å². The van der Waals surface area contributed by atoms with E-state index in [1.807, 2.05) is 0 Å². The van der Waals surface area contributed by atoms with Crippen LogP contribution >= 0.6 is 45.2 Å². The van der Waals surface area contributed by atoms with Crippen LogP contribution in [0.1, 0.15) is 6.42 Å². The lowest BCUT2D eigenvalue weighted by atomic mass is 10.2. The van der Waals surface area contributed by atoms with Crippen molar-refractivity contribution in [3.63, 3.8) is 0 Å². The molecule has 2 heteroatoms. The lowest BCUT2D eigenvalue weighted by Crippen LogP contribution is -1.72. The van der Waals surface area contributed by atoms with Crippen LogP contribution in [0.4, 0.5) is 0 Å². The van der Waals surface area contributed by atoms with Crippen molar-refractivity contribution in [2.24, 2.45) is 0 Å². The molecule has 0 spiro atoms. The second-order valence-corrected chi connectivity index (χ2v) is 3.57. The fraction of sp³-hybridized carbons (Fsp3) is 0.143. The molecule has 1 aliphatic rings. The Morgan fingerprint density at radius 3 is 2.89 bits per heavy atom. The normalized spacial score (nSPS) is 18.4. The number of hydrogen-bond donors (Lipinski definition) is 0. The molecular formula is C7H6I2. The maximum atomic E-state index is 2.35. The molecule has 0 unspecified atom stereocenters. The first-order valence-electron chi connectivity index (χ1n) is 2.66. The first kappa shape index (κ1) is 7.78. The molecule has 0 fully saturated rings. The quantitative estimate of drug-likeness (QED) is 0.638. The van der Waals surface area contributed by atoms with Gasteiger partial charge in [-0.15, -0.1) is 0 Å². The molecule has 0 aromatic heterocycles. The maximum Gasteiger partial charge on any atom is 0.0226 e. The summed E-state index contributed by atoms with van der Waals surface area (Å²) in [5, 5.41) is 0. The summed E-state index contributed by atoms with van der Waals surface area (Å²) in [6.45, 7) is 0. The topological polar surface area (TPSA) is 0 Å². The van der Waals surface area contributed by atoms with E-state index in [1.165, 1.54) is 9.15 Å². The summed E-state index contributed by atoms with van der Waals surface area (Å²) in [5.74, 6) is 0. The van der Waals surface area contributed by atoms with Gasteiger partial charge in [0.15, 0.2) is 0 Å². The van der Waals surface area contributed by atoms with Gasteiger partial charge in [-0.05, 0) is 38.7 Å². The maximum absolute atomic E-state index is 2.35. The van der Waals surface area contributed by atoms with E-state index in [9.17, 15) is 0 Å². The Kier molecular flexibility index (Phi) is 3.25. The molecule has 0 amide bonds. The molecule has 0 aromatic carbocycles. The van der Waals surface area contributed by atoms with E-state index >= 15 is 0 Å². The predicted octanol–water partition coefficient (Wildman–Crippen LogP) is 3.58. The third kappa shape index (κ3) is 2.07. The summed E-state index contributed by atoms with van der Waals surface area (Å²) in [6.07, 6.45) is 7.55. The Morgan fingerprint density at radius 1 is 1.67 bits per heavy atom. The van der Waals surface area contributed by atoms with Gasteiger partial charge in [0.05, 0.1) is 0 Å². The van der Waals surface area contributed by atoms with Crippen LogP contribution in [-0.2, 0) is 0 Å². The van der Waals surface area contributed by atoms with Gasteiger partial charge in [-0.2, -0.15) is 0 Å². The van der Waals surface area contributed by atoms with Crippen LogP contribution in [0.3, 0.4) is 0 Å². The molecule has 0 nitrogen and oxygen atoms in total. The minimum absolute atomic E-state index is 1.11. The van der Waals surface area contributed by atoms with Crippen LogP contribution in [0.2, 0.25) is 0 Å². The summed E-state index contributed by atoms with van der Waals surface area (Å²) in [7, 11) is 0. The minimum Gasteiger partial charge on any atom is -0.0801 e. The zero-order valence-corrected chi connectivity index (χ0v) is 9.09. The van der Waals surface area contributed by atoms with Crippen molar-refractivity contribution in [2.75, 3.05) is 0 Å². The van der Waals surface area contributed by atoms with Gasteiger partial charge in [0.25, 0.3) is 0 Å². The molecule has 0 aromatic rings. The smallest absolute Gasteiger partial charge is 0.0226 e. The van der Waals surface area contributed by atoms with Crippen molar-refractivity contribution in [1.29, 1.82) is 0 Å². The minimum atomic E-state index is 1.11. The highest BCUT2D eigenvalue weighted by Crippen LogP contribution is 2.25. The molecule has 0 radical (unpaired) electrons. The summed E-state index contributed by atoms with van der Waals surface area (Å²) in [5.41, 5.74) is 1.44. The third-order valence-corrected chi connectivity index (χ3v) is 3.99. The van der Waals surface area contributed by atoms with E-state index in [4.69, 9.17) is 0 Å². The fourth-order valence-electron chi connectivity index (χ4n) is 0.694. The second-order valence-electron chi connectivity index (χ2n) is 1.78. The lowest BCUT2D eigenvalue weighted by Gasteiger charge is -1.94. The molecule has 0 N–H and O–H groups in total. The van der Waals surface area contributed by atoms with Crippen molar-refractivity contribution in [3.05, 3.63) is 31.5 Å². The Balaban J connectivity index is 2.66. The molecule has 0 heterocycles. The molecule has 48 valence electrons. The van der Waals surface area contributed by atoms with Gasteiger partial charge in [0, 0.05) is 3.58 Å². The van der Waals surface area contributed by atoms with Crippen LogP contribution in [0.15, 0.2) is 31.5 Å². The number of halogens is 2. The van der Waals surface area contributed by atoms with E-state index in [0.717, 1.165) is 6.42 Å². The van der Waals surface area contributed by atoms with E-state index < -0.39 is 0 Å². The standard InChI is InChI=1S/C7H6I2/c8-5-7(9)6-3-1-2-4-6/h1-3,5H,4H2/b7-5-. The summed E-state index contributed by atoms with van der Waals surface area (Å²) in [4.78, 5) is 0. The van der Waals surface area contributed by atoms with E-state index in [2.05, 4.69) is 67.5 Å². The van der Waals surface area contributed by atoms with Gasteiger partial charge in [-0.1, -0.05) is 40.8 Å². The number of allylic oxidation sites excluding steroid dienone is 5. The Labute approximate surface area is 82.4 Å². The molecular weight excluding hydrogens is 338 g/mol. The van der Waals surface area contributed by atoms with Gasteiger partial charge in [0.1, 0.15) is 0 Å². The van der Waals surface area contributed by atoms with E-state index in [1.54, 1.807) is 0 Å². The molecule has 1 aliphatic carbocycles. The van der Waals surface area contributed by atoms with Crippen molar-refractivity contribution in [2.45, 2.75) is 6.42 Å². The van der Waals surface area contributed by atoms with Crippen LogP contribution in [-0.4, -0.2) is 0 Å². The predicted molar refractivity (Wildman–Crippen MR) is 58.0 cm³/mol. The van der Waals surface area contributed by atoms with Crippen molar-refractivity contribution < 1.29 is 0 Å². The Bertz CT molecular complexity index is 187. The second kappa shape index (κ2) is 3.75. The first-order chi connectivity index (χ1) is 4.34. The van der Waals surface area contributed by atoms with Gasteiger partial charge in [-0.25, -0.2) is 0 Å². The molecule has 0 aliphatic heterocycles. The Hall–Kier alpha value is 0.680. The van der Waals surface area contributed by atoms with Gasteiger partial charge >= 0.3 is 0 Å². The van der Waals surface area contributed by atoms with Gasteiger partial charge < -0.3 is 0 Å². The lowest BCUT2D eigenvalue weighted by molar-refractivity contribution is 1.33. The zero-order chi connectivity index (χ0) is 6.69. The van der Waals surface area contributed by atoms with Crippen molar-refractivity contribution >= 4 is 45.2 Å². The molecule has 0 saturated carbocycles. The van der Waals surface area contributed by atoms with Crippen molar-refractivity contribution in [3.8, 4) is 0 Å². The molecule has 0 bridgehead atoms. The molecule has 0 atom stereocenters. The molecule has 1 rings (SSSR count). The van der Waals surface area contributed by atoms with Crippen LogP contribution in [0.25, 0.3) is 0 Å².